The number of carbonyl (C=O) groups is 2. The van der Waals surface area contributed by atoms with E-state index in [1.807, 2.05) is 114 Å². The first-order chi connectivity index (χ1) is 17.7. The summed E-state index contributed by atoms with van der Waals surface area (Å²) in [6.07, 6.45) is 0.648. The molecule has 1 heterocycles. The van der Waals surface area contributed by atoms with Crippen LogP contribution in [0.5, 0.6) is 0 Å². The Balaban J connectivity index is 1.34. The molecule has 4 aromatic carbocycles. The summed E-state index contributed by atoms with van der Waals surface area (Å²) in [5.74, 6) is -0.0953. The van der Waals surface area contributed by atoms with E-state index in [9.17, 15) is 9.59 Å². The van der Waals surface area contributed by atoms with Crippen LogP contribution in [0.2, 0.25) is 0 Å². The minimum Gasteiger partial charge on any atom is -0.361 e. The summed E-state index contributed by atoms with van der Waals surface area (Å²) in [5.41, 5.74) is 5.20. The number of amides is 2. The smallest absolute Gasteiger partial charge is 0.256 e. The summed E-state index contributed by atoms with van der Waals surface area (Å²) in [4.78, 5) is 28.0. The Morgan fingerprint density at radius 3 is 2.00 bits per heavy atom. The first kappa shape index (κ1) is 23.4. The molecule has 5 rings (SSSR count). The first-order valence-corrected chi connectivity index (χ1v) is 12.3. The quantitative estimate of drug-likeness (QED) is 0.320. The minimum absolute atomic E-state index is 0.0498. The monoisotopic (exact) mass is 475 g/mol. The third-order valence-corrected chi connectivity index (χ3v) is 6.51. The van der Waals surface area contributed by atoms with E-state index >= 15 is 0 Å². The first-order valence-electron chi connectivity index (χ1n) is 12.3. The van der Waals surface area contributed by atoms with Crippen LogP contribution in [0, 0.1) is 0 Å². The molecular weight excluding hydrogens is 446 g/mol. The molecule has 0 fully saturated rings. The van der Waals surface area contributed by atoms with E-state index in [4.69, 9.17) is 0 Å². The van der Waals surface area contributed by atoms with E-state index in [1.54, 1.807) is 0 Å². The van der Waals surface area contributed by atoms with Gasteiger partial charge in [-0.05, 0) is 47.9 Å². The van der Waals surface area contributed by atoms with E-state index in [-0.39, 0.29) is 24.0 Å². The fourth-order valence-electron chi connectivity index (χ4n) is 4.74. The second kappa shape index (κ2) is 10.5. The van der Waals surface area contributed by atoms with Crippen LogP contribution < -0.4 is 10.6 Å². The van der Waals surface area contributed by atoms with Crippen LogP contribution in [0.3, 0.4) is 0 Å². The summed E-state index contributed by atoms with van der Waals surface area (Å²) in [5, 5.41) is 6.68. The van der Waals surface area contributed by atoms with Gasteiger partial charge < -0.3 is 15.5 Å². The maximum absolute atomic E-state index is 13.2. The predicted octanol–water partition coefficient (Wildman–Crippen LogP) is 6.18. The molecular formula is C31H29N3O2. The summed E-state index contributed by atoms with van der Waals surface area (Å²) in [6, 6.07) is 34.8. The third kappa shape index (κ3) is 4.73. The van der Waals surface area contributed by atoms with Gasteiger partial charge in [0.2, 0.25) is 0 Å². The Morgan fingerprint density at radius 2 is 1.39 bits per heavy atom. The number of hydrogen-bond donors (Lipinski definition) is 2. The van der Waals surface area contributed by atoms with Crippen LogP contribution in [-0.2, 0) is 0 Å². The summed E-state index contributed by atoms with van der Waals surface area (Å²) in [7, 11) is 0. The molecule has 5 heteroatoms. The molecule has 4 aromatic rings. The summed E-state index contributed by atoms with van der Waals surface area (Å²) < 4.78 is 0. The van der Waals surface area contributed by atoms with Gasteiger partial charge in [-0.2, -0.15) is 0 Å². The number of nitrogens with one attached hydrogen (secondary N) is 2. The maximum atomic E-state index is 13.2. The zero-order valence-corrected chi connectivity index (χ0v) is 20.2. The van der Waals surface area contributed by atoms with Crippen molar-refractivity contribution >= 4 is 17.5 Å². The molecule has 0 bridgehead atoms. The van der Waals surface area contributed by atoms with Gasteiger partial charge in [-0.1, -0.05) is 85.8 Å². The standard InChI is InChI=1S/C31H29N3O2/c1-2-21-34-29(26-15-9-10-16-27(26)31(34)36)32-25-19-17-24(18-20-25)30(35)33-28(22-11-5-3-6-12-22)23-13-7-4-8-14-23/h3-20,28-29,32H,2,21H2,1H3,(H,33,35). The lowest BCUT2D eigenvalue weighted by molar-refractivity contribution is 0.0743. The Bertz CT molecular complexity index is 1300. The minimum atomic E-state index is -0.249. The van der Waals surface area contributed by atoms with Crippen molar-refractivity contribution in [3.05, 3.63) is 137 Å². The largest absolute Gasteiger partial charge is 0.361 e. The van der Waals surface area contributed by atoms with Crippen molar-refractivity contribution in [2.45, 2.75) is 25.6 Å². The molecule has 0 radical (unpaired) electrons. The highest BCUT2D eigenvalue weighted by Crippen LogP contribution is 2.34. The van der Waals surface area contributed by atoms with Gasteiger partial charge in [-0.25, -0.2) is 0 Å². The zero-order chi connectivity index (χ0) is 24.9. The Morgan fingerprint density at radius 1 is 0.806 bits per heavy atom. The van der Waals surface area contributed by atoms with Gasteiger partial charge in [0.25, 0.3) is 11.8 Å². The van der Waals surface area contributed by atoms with Crippen molar-refractivity contribution in [1.29, 1.82) is 0 Å². The highest BCUT2D eigenvalue weighted by atomic mass is 16.2. The van der Waals surface area contributed by atoms with Crippen molar-refractivity contribution in [3.63, 3.8) is 0 Å². The van der Waals surface area contributed by atoms with Crippen LogP contribution in [0.15, 0.2) is 109 Å². The SMILES string of the molecule is CCCN1C(=O)c2ccccc2C1Nc1ccc(C(=O)NC(c2ccccc2)c2ccccc2)cc1. The van der Waals surface area contributed by atoms with Gasteiger partial charge in [0.1, 0.15) is 6.17 Å². The number of carbonyl (C=O) groups excluding carboxylic acids is 2. The Hall–Kier alpha value is -4.38. The van der Waals surface area contributed by atoms with Gasteiger partial charge in [0.15, 0.2) is 0 Å². The van der Waals surface area contributed by atoms with Crippen molar-refractivity contribution < 1.29 is 9.59 Å². The Labute approximate surface area is 211 Å². The number of benzene rings is 4. The molecule has 2 N–H and O–H groups in total. The average molecular weight is 476 g/mol. The number of anilines is 1. The van der Waals surface area contributed by atoms with E-state index < -0.39 is 0 Å². The molecule has 0 saturated heterocycles. The molecule has 2 amide bonds. The normalized spacial score (nSPS) is 14.6. The lowest BCUT2D eigenvalue weighted by Gasteiger charge is -2.27. The average Bonchev–Trinajstić information content (AvgIpc) is 3.19. The topological polar surface area (TPSA) is 61.4 Å². The molecule has 0 saturated carbocycles. The van der Waals surface area contributed by atoms with Crippen LogP contribution in [0.25, 0.3) is 0 Å². The molecule has 1 aliphatic heterocycles. The molecule has 1 aliphatic rings. The predicted molar refractivity (Wildman–Crippen MR) is 143 cm³/mol. The second-order valence-corrected chi connectivity index (χ2v) is 8.94. The summed E-state index contributed by atoms with van der Waals surface area (Å²) >= 11 is 0. The van der Waals surface area contributed by atoms with E-state index in [2.05, 4.69) is 17.6 Å². The Kier molecular flexibility index (Phi) is 6.80. The van der Waals surface area contributed by atoms with Crippen LogP contribution in [0.4, 0.5) is 5.69 Å². The molecule has 5 nitrogen and oxygen atoms in total. The van der Waals surface area contributed by atoms with Crippen molar-refractivity contribution in [2.75, 3.05) is 11.9 Å². The van der Waals surface area contributed by atoms with E-state index in [0.717, 1.165) is 34.4 Å². The second-order valence-electron chi connectivity index (χ2n) is 8.94. The van der Waals surface area contributed by atoms with Gasteiger partial charge in [-0.3, -0.25) is 9.59 Å². The fourth-order valence-corrected chi connectivity index (χ4v) is 4.74. The molecule has 180 valence electrons. The molecule has 1 unspecified atom stereocenters. The highest BCUT2D eigenvalue weighted by Gasteiger charge is 2.35. The van der Waals surface area contributed by atoms with Crippen molar-refractivity contribution in [2.24, 2.45) is 0 Å². The number of fused-ring (bicyclic) bond motifs is 1. The van der Waals surface area contributed by atoms with E-state index in [1.165, 1.54) is 0 Å². The van der Waals surface area contributed by atoms with Gasteiger partial charge in [-0.15, -0.1) is 0 Å². The van der Waals surface area contributed by atoms with Gasteiger partial charge in [0, 0.05) is 28.9 Å². The molecule has 1 atom stereocenters. The highest BCUT2D eigenvalue weighted by molar-refractivity contribution is 5.99. The third-order valence-electron chi connectivity index (χ3n) is 6.51. The van der Waals surface area contributed by atoms with Gasteiger partial charge in [0.05, 0.1) is 6.04 Å². The lowest BCUT2D eigenvalue weighted by Crippen LogP contribution is -2.33. The fraction of sp³-hybridized carbons (Fsp3) is 0.161. The van der Waals surface area contributed by atoms with Crippen LogP contribution in [0.1, 0.15) is 63.0 Å². The van der Waals surface area contributed by atoms with Crippen LogP contribution >= 0.6 is 0 Å². The summed E-state index contributed by atoms with van der Waals surface area (Å²) in [6.45, 7) is 2.74. The molecule has 0 spiro atoms. The number of nitrogens with zero attached hydrogens (tertiary/aromatic N) is 1. The molecule has 0 aliphatic carbocycles. The van der Waals surface area contributed by atoms with E-state index in [0.29, 0.717) is 12.1 Å². The van der Waals surface area contributed by atoms with Gasteiger partial charge >= 0.3 is 0 Å². The van der Waals surface area contributed by atoms with Crippen molar-refractivity contribution in [1.82, 2.24) is 10.2 Å². The molecule has 0 aromatic heterocycles. The zero-order valence-electron chi connectivity index (χ0n) is 20.2. The maximum Gasteiger partial charge on any atom is 0.256 e. The van der Waals surface area contributed by atoms with Crippen LogP contribution in [-0.4, -0.2) is 23.3 Å². The molecule has 36 heavy (non-hydrogen) atoms. The number of hydrogen-bond acceptors (Lipinski definition) is 3. The van der Waals surface area contributed by atoms with Crippen molar-refractivity contribution in [3.8, 4) is 0 Å². The number of rotatable bonds is 8. The lowest BCUT2D eigenvalue weighted by atomic mass is 9.98.